The molecular formula is C17H16ClNO. The summed E-state index contributed by atoms with van der Waals surface area (Å²) >= 11 is 6.18. The molecule has 3 heteroatoms. The van der Waals surface area contributed by atoms with Gasteiger partial charge in [0, 0.05) is 5.39 Å². The number of rotatable bonds is 2. The Bertz CT molecular complexity index is 776. The van der Waals surface area contributed by atoms with Crippen LogP contribution in [0.3, 0.4) is 0 Å². The van der Waals surface area contributed by atoms with Crippen LogP contribution in [0, 0.1) is 13.8 Å². The molecule has 0 fully saturated rings. The molecule has 0 saturated heterocycles. The predicted octanol–water partition coefficient (Wildman–Crippen LogP) is 4.75. The second kappa shape index (κ2) is 4.97. The highest BCUT2D eigenvalue weighted by molar-refractivity contribution is 6.35. The van der Waals surface area contributed by atoms with E-state index in [1.54, 1.807) is 0 Å². The largest absolute Gasteiger partial charge is 0.459 e. The van der Waals surface area contributed by atoms with E-state index < -0.39 is 0 Å². The fourth-order valence-electron chi connectivity index (χ4n) is 2.45. The molecule has 0 saturated carbocycles. The summed E-state index contributed by atoms with van der Waals surface area (Å²) in [4.78, 5) is 0. The third-order valence-electron chi connectivity index (χ3n) is 3.60. The van der Waals surface area contributed by atoms with Gasteiger partial charge in [-0.15, -0.1) is 0 Å². The Kier molecular flexibility index (Phi) is 3.28. The van der Waals surface area contributed by atoms with Crippen LogP contribution in [0.1, 0.15) is 28.5 Å². The van der Waals surface area contributed by atoms with Gasteiger partial charge in [-0.25, -0.2) is 0 Å². The third kappa shape index (κ3) is 2.21. The number of hydrogen-bond acceptors (Lipinski definition) is 2. The average molecular weight is 286 g/mol. The van der Waals surface area contributed by atoms with Crippen molar-refractivity contribution in [1.29, 1.82) is 0 Å². The van der Waals surface area contributed by atoms with Gasteiger partial charge in [-0.05, 0) is 43.2 Å². The van der Waals surface area contributed by atoms with Crippen molar-refractivity contribution in [3.8, 4) is 0 Å². The highest BCUT2D eigenvalue weighted by atomic mass is 35.5. The Morgan fingerprint density at radius 3 is 2.65 bits per heavy atom. The molecule has 1 unspecified atom stereocenters. The zero-order chi connectivity index (χ0) is 14.3. The van der Waals surface area contributed by atoms with Crippen molar-refractivity contribution < 1.29 is 4.42 Å². The molecule has 0 aliphatic heterocycles. The molecule has 3 rings (SSSR count). The summed E-state index contributed by atoms with van der Waals surface area (Å²) in [5.41, 5.74) is 10.6. The molecule has 0 aliphatic carbocycles. The zero-order valence-corrected chi connectivity index (χ0v) is 12.2. The lowest BCUT2D eigenvalue weighted by molar-refractivity contribution is 0.524. The van der Waals surface area contributed by atoms with Gasteiger partial charge in [-0.2, -0.15) is 0 Å². The maximum atomic E-state index is 6.36. The van der Waals surface area contributed by atoms with Gasteiger partial charge in [0.2, 0.25) is 0 Å². The van der Waals surface area contributed by atoms with E-state index in [4.69, 9.17) is 21.8 Å². The molecule has 2 nitrogen and oxygen atoms in total. The van der Waals surface area contributed by atoms with Gasteiger partial charge in [0.15, 0.2) is 0 Å². The van der Waals surface area contributed by atoms with Gasteiger partial charge in [0.1, 0.15) is 11.3 Å². The number of hydrogen-bond donors (Lipinski definition) is 1. The quantitative estimate of drug-likeness (QED) is 0.738. The number of furan rings is 1. The number of halogens is 1. The minimum Gasteiger partial charge on any atom is -0.459 e. The van der Waals surface area contributed by atoms with Crippen molar-refractivity contribution >= 4 is 22.6 Å². The Morgan fingerprint density at radius 1 is 1.10 bits per heavy atom. The standard InChI is InChI=1S/C17H16ClNO/c1-10-6-7-11(2)12(8-10)17(19)16-9-13-14(18)4-3-5-15(13)20-16/h3-9,17H,19H2,1-2H3. The number of aryl methyl sites for hydroxylation is 2. The SMILES string of the molecule is Cc1ccc(C)c(C(N)c2cc3c(Cl)cccc3o2)c1. The van der Waals surface area contributed by atoms with Crippen molar-refractivity contribution in [3.63, 3.8) is 0 Å². The molecule has 0 amide bonds. The Labute approximate surface area is 123 Å². The first kappa shape index (κ1) is 13.2. The normalized spacial score (nSPS) is 12.8. The monoisotopic (exact) mass is 285 g/mol. The first-order chi connectivity index (χ1) is 9.56. The van der Waals surface area contributed by atoms with Crippen LogP contribution in [0.15, 0.2) is 46.9 Å². The first-order valence-electron chi connectivity index (χ1n) is 6.57. The fourth-order valence-corrected chi connectivity index (χ4v) is 2.67. The highest BCUT2D eigenvalue weighted by Crippen LogP contribution is 2.32. The molecule has 2 N–H and O–H groups in total. The van der Waals surface area contributed by atoms with E-state index in [-0.39, 0.29) is 6.04 Å². The number of nitrogens with two attached hydrogens (primary N) is 1. The Morgan fingerprint density at radius 2 is 1.90 bits per heavy atom. The predicted molar refractivity (Wildman–Crippen MR) is 83.2 cm³/mol. The molecule has 0 aliphatic rings. The van der Waals surface area contributed by atoms with Crippen LogP contribution >= 0.6 is 11.6 Å². The van der Waals surface area contributed by atoms with Crippen molar-refractivity contribution in [2.24, 2.45) is 5.73 Å². The molecule has 1 aromatic heterocycles. The molecule has 1 atom stereocenters. The number of fused-ring (bicyclic) bond motifs is 1. The zero-order valence-electron chi connectivity index (χ0n) is 11.5. The average Bonchev–Trinajstić information content (AvgIpc) is 2.86. The van der Waals surface area contributed by atoms with Crippen molar-refractivity contribution in [2.45, 2.75) is 19.9 Å². The minimum atomic E-state index is -0.279. The van der Waals surface area contributed by atoms with Crippen LogP contribution < -0.4 is 5.73 Å². The lowest BCUT2D eigenvalue weighted by Gasteiger charge is -2.13. The van der Waals surface area contributed by atoms with Gasteiger partial charge >= 0.3 is 0 Å². The third-order valence-corrected chi connectivity index (χ3v) is 3.93. The number of benzene rings is 2. The van der Waals surface area contributed by atoms with E-state index in [0.29, 0.717) is 5.02 Å². The van der Waals surface area contributed by atoms with E-state index in [0.717, 1.165) is 27.9 Å². The molecule has 102 valence electrons. The summed E-state index contributed by atoms with van der Waals surface area (Å²) < 4.78 is 5.85. The summed E-state index contributed by atoms with van der Waals surface area (Å²) in [6, 6.07) is 13.6. The molecule has 1 heterocycles. The van der Waals surface area contributed by atoms with E-state index in [9.17, 15) is 0 Å². The van der Waals surface area contributed by atoms with E-state index in [2.05, 4.69) is 32.0 Å². The first-order valence-corrected chi connectivity index (χ1v) is 6.95. The summed E-state index contributed by atoms with van der Waals surface area (Å²) in [5.74, 6) is 0.738. The minimum absolute atomic E-state index is 0.279. The van der Waals surface area contributed by atoms with Crippen LogP contribution in [0.4, 0.5) is 0 Å². The summed E-state index contributed by atoms with van der Waals surface area (Å²) in [6.45, 7) is 4.12. The van der Waals surface area contributed by atoms with Crippen molar-refractivity contribution in [1.82, 2.24) is 0 Å². The Balaban J connectivity index is 2.10. The second-order valence-electron chi connectivity index (χ2n) is 5.14. The van der Waals surface area contributed by atoms with Crippen LogP contribution in [0.5, 0.6) is 0 Å². The maximum Gasteiger partial charge on any atom is 0.135 e. The van der Waals surface area contributed by atoms with Gasteiger partial charge in [-0.3, -0.25) is 0 Å². The van der Waals surface area contributed by atoms with Gasteiger partial charge < -0.3 is 10.2 Å². The highest BCUT2D eigenvalue weighted by Gasteiger charge is 2.17. The molecular weight excluding hydrogens is 270 g/mol. The van der Waals surface area contributed by atoms with E-state index in [1.807, 2.05) is 24.3 Å². The van der Waals surface area contributed by atoms with Crippen molar-refractivity contribution in [2.75, 3.05) is 0 Å². The summed E-state index contributed by atoms with van der Waals surface area (Å²) in [6.07, 6.45) is 0. The summed E-state index contributed by atoms with van der Waals surface area (Å²) in [7, 11) is 0. The molecule has 0 bridgehead atoms. The fraction of sp³-hybridized carbons (Fsp3) is 0.176. The summed E-state index contributed by atoms with van der Waals surface area (Å²) in [5, 5.41) is 1.59. The lowest BCUT2D eigenvalue weighted by Crippen LogP contribution is -2.12. The van der Waals surface area contributed by atoms with Gasteiger partial charge in [0.05, 0.1) is 11.1 Å². The van der Waals surface area contributed by atoms with E-state index >= 15 is 0 Å². The topological polar surface area (TPSA) is 39.2 Å². The molecule has 2 aromatic carbocycles. The van der Waals surface area contributed by atoms with Crippen LogP contribution in [0.2, 0.25) is 5.02 Å². The van der Waals surface area contributed by atoms with Gasteiger partial charge in [0.25, 0.3) is 0 Å². The lowest BCUT2D eigenvalue weighted by atomic mass is 9.98. The smallest absolute Gasteiger partial charge is 0.135 e. The molecule has 3 aromatic rings. The Hall–Kier alpha value is -1.77. The van der Waals surface area contributed by atoms with Crippen LogP contribution in [-0.4, -0.2) is 0 Å². The van der Waals surface area contributed by atoms with Crippen LogP contribution in [0.25, 0.3) is 11.0 Å². The van der Waals surface area contributed by atoms with E-state index in [1.165, 1.54) is 5.56 Å². The molecule has 0 spiro atoms. The van der Waals surface area contributed by atoms with Crippen LogP contribution in [-0.2, 0) is 0 Å². The molecule has 20 heavy (non-hydrogen) atoms. The second-order valence-corrected chi connectivity index (χ2v) is 5.55. The van der Waals surface area contributed by atoms with Crippen molar-refractivity contribution in [3.05, 3.63) is 69.9 Å². The maximum absolute atomic E-state index is 6.36. The van der Waals surface area contributed by atoms with Gasteiger partial charge in [-0.1, -0.05) is 41.4 Å². The molecule has 0 radical (unpaired) electrons.